The first-order valence-electron chi connectivity index (χ1n) is 8.97. The van der Waals surface area contributed by atoms with E-state index in [-0.39, 0.29) is 12.5 Å². The minimum Gasteiger partial charge on any atom is -0.476 e. The van der Waals surface area contributed by atoms with Gasteiger partial charge in [0.2, 0.25) is 10.0 Å². The Morgan fingerprint density at radius 3 is 2.77 bits per heavy atom. The summed E-state index contributed by atoms with van der Waals surface area (Å²) in [5.41, 5.74) is 0.360. The zero-order valence-corrected chi connectivity index (χ0v) is 17.1. The Hall–Kier alpha value is -1.47. The number of carbonyl (C=O) groups excluding carboxylic acids is 1. The second-order valence-corrected chi connectivity index (χ2v) is 9.02. The third-order valence-corrected chi connectivity index (χ3v) is 5.97. The molecular weight excluding hydrogens is 376 g/mol. The van der Waals surface area contributed by atoms with Crippen molar-refractivity contribution in [3.63, 3.8) is 0 Å². The molecule has 0 spiro atoms. The average molecular weight is 403 g/mol. The molecular formula is C18H27ClN2O4S. The molecule has 1 N–H and O–H groups in total. The molecule has 1 heterocycles. The van der Waals surface area contributed by atoms with Crippen molar-refractivity contribution < 1.29 is 17.9 Å². The molecule has 2 rings (SSSR count). The summed E-state index contributed by atoms with van der Waals surface area (Å²) < 4.78 is 31.2. The summed E-state index contributed by atoms with van der Waals surface area (Å²) in [4.78, 5) is 12.6. The van der Waals surface area contributed by atoms with Gasteiger partial charge in [0.05, 0.1) is 18.5 Å². The first-order chi connectivity index (χ1) is 12.3. The van der Waals surface area contributed by atoms with Crippen molar-refractivity contribution in [2.45, 2.75) is 45.6 Å². The molecule has 1 aliphatic heterocycles. The molecule has 0 bridgehead atoms. The minimum atomic E-state index is -3.56. The summed E-state index contributed by atoms with van der Waals surface area (Å²) >= 11 is 5.98. The van der Waals surface area contributed by atoms with Crippen molar-refractivity contribution >= 4 is 33.2 Å². The van der Waals surface area contributed by atoms with Crippen molar-refractivity contribution in [1.29, 1.82) is 0 Å². The number of hydrogen-bond donors (Lipinski definition) is 1. The smallest absolute Gasteiger partial charge is 0.263 e. The average Bonchev–Trinajstić information content (AvgIpc) is 2.59. The maximum Gasteiger partial charge on any atom is 0.263 e. The van der Waals surface area contributed by atoms with Crippen LogP contribution in [0.3, 0.4) is 0 Å². The second-order valence-electron chi connectivity index (χ2n) is 6.67. The number of carbonyl (C=O) groups is 1. The fourth-order valence-electron chi connectivity index (χ4n) is 2.98. The van der Waals surface area contributed by atoms with Crippen molar-refractivity contribution in [2.75, 3.05) is 23.7 Å². The van der Waals surface area contributed by atoms with Crippen LogP contribution in [0.4, 0.5) is 5.69 Å². The predicted octanol–water partition coefficient (Wildman–Crippen LogP) is 3.20. The fraction of sp³-hybridized carbons (Fsp3) is 0.611. The summed E-state index contributed by atoms with van der Waals surface area (Å²) in [6, 6.07) is 4.73. The Kier molecular flexibility index (Phi) is 7.17. The summed E-state index contributed by atoms with van der Waals surface area (Å²) in [7, 11) is -3.56. The Bertz CT molecular complexity index is 739. The van der Waals surface area contributed by atoms with Crippen LogP contribution in [0.25, 0.3) is 0 Å². The van der Waals surface area contributed by atoms with Gasteiger partial charge < -0.3 is 10.1 Å². The van der Waals surface area contributed by atoms with Crippen LogP contribution < -0.4 is 14.4 Å². The summed E-state index contributed by atoms with van der Waals surface area (Å²) in [5, 5.41) is 3.32. The van der Waals surface area contributed by atoms with Crippen LogP contribution in [0.15, 0.2) is 18.2 Å². The quantitative estimate of drug-likeness (QED) is 0.724. The van der Waals surface area contributed by atoms with E-state index in [1.807, 2.05) is 0 Å². The maximum absolute atomic E-state index is 12.6. The standard InChI is InChI=1S/C18H27ClN2O4S/c1-4-6-7-13(5-2)11-20-18(22)17-12-21(26(3,23)24)15-10-14(19)8-9-16(15)25-17/h8-10,13,17H,4-7,11-12H2,1-3H3,(H,20,22)/t13-,17-/m1/s1. The number of unbranched alkanes of at least 4 members (excludes halogenated alkanes) is 1. The van der Waals surface area contributed by atoms with Gasteiger partial charge in [0.15, 0.2) is 6.10 Å². The molecule has 6 nitrogen and oxygen atoms in total. The van der Waals surface area contributed by atoms with Crippen molar-refractivity contribution in [2.24, 2.45) is 5.92 Å². The summed E-state index contributed by atoms with van der Waals surface area (Å²) in [6.07, 6.45) is 4.53. The number of anilines is 1. The highest BCUT2D eigenvalue weighted by molar-refractivity contribution is 7.92. The lowest BCUT2D eigenvalue weighted by atomic mass is 9.99. The third kappa shape index (κ3) is 5.27. The van der Waals surface area contributed by atoms with Crippen LogP contribution in [0.2, 0.25) is 5.02 Å². The number of fused-ring (bicyclic) bond motifs is 1. The molecule has 1 aromatic carbocycles. The van der Waals surface area contributed by atoms with Crippen molar-refractivity contribution in [1.82, 2.24) is 5.32 Å². The molecule has 0 fully saturated rings. The van der Waals surface area contributed by atoms with E-state index in [1.165, 1.54) is 10.4 Å². The molecule has 1 aliphatic rings. The molecule has 8 heteroatoms. The number of amides is 1. The van der Waals surface area contributed by atoms with E-state index >= 15 is 0 Å². The van der Waals surface area contributed by atoms with E-state index in [4.69, 9.17) is 16.3 Å². The number of halogens is 1. The molecule has 1 aromatic rings. The van der Waals surface area contributed by atoms with Crippen molar-refractivity contribution in [3.8, 4) is 5.75 Å². The number of sulfonamides is 1. The minimum absolute atomic E-state index is 0.0657. The molecule has 0 aromatic heterocycles. The first kappa shape index (κ1) is 20.8. The van der Waals surface area contributed by atoms with Gasteiger partial charge in [0, 0.05) is 11.6 Å². The number of benzene rings is 1. The monoisotopic (exact) mass is 402 g/mol. The maximum atomic E-state index is 12.6. The van der Waals surface area contributed by atoms with Gasteiger partial charge in [-0.25, -0.2) is 8.42 Å². The molecule has 146 valence electrons. The first-order valence-corrected chi connectivity index (χ1v) is 11.2. The number of ether oxygens (including phenoxy) is 1. The van der Waals surface area contributed by atoms with E-state index in [9.17, 15) is 13.2 Å². The lowest BCUT2D eigenvalue weighted by molar-refractivity contribution is -0.127. The van der Waals surface area contributed by atoms with E-state index in [0.717, 1.165) is 31.9 Å². The lowest BCUT2D eigenvalue weighted by Crippen LogP contribution is -2.51. The van der Waals surface area contributed by atoms with Crippen LogP contribution in [0.1, 0.15) is 39.5 Å². The van der Waals surface area contributed by atoms with E-state index in [2.05, 4.69) is 19.2 Å². The fourth-order valence-corrected chi connectivity index (χ4v) is 4.05. The SMILES string of the molecule is CCCC[C@@H](CC)CNC(=O)[C@H]1CN(S(C)(=O)=O)c2cc(Cl)ccc2O1. The zero-order valence-electron chi connectivity index (χ0n) is 15.5. The Balaban J connectivity index is 2.11. The highest BCUT2D eigenvalue weighted by Crippen LogP contribution is 2.37. The van der Waals surface area contributed by atoms with Crippen LogP contribution in [-0.4, -0.2) is 39.8 Å². The van der Waals surface area contributed by atoms with Crippen LogP contribution in [0, 0.1) is 5.92 Å². The van der Waals surface area contributed by atoms with Gasteiger partial charge in [-0.15, -0.1) is 0 Å². The van der Waals surface area contributed by atoms with Gasteiger partial charge >= 0.3 is 0 Å². The molecule has 0 saturated heterocycles. The molecule has 1 amide bonds. The Labute approximate surface area is 160 Å². The van der Waals surface area contributed by atoms with Crippen LogP contribution >= 0.6 is 11.6 Å². The highest BCUT2D eigenvalue weighted by Gasteiger charge is 2.35. The van der Waals surface area contributed by atoms with E-state index in [0.29, 0.717) is 28.9 Å². The normalized spacial score (nSPS) is 18.0. The number of nitrogens with one attached hydrogen (secondary N) is 1. The van der Waals surface area contributed by atoms with Crippen molar-refractivity contribution in [3.05, 3.63) is 23.2 Å². The van der Waals surface area contributed by atoms with Gasteiger partial charge in [-0.2, -0.15) is 0 Å². The zero-order chi connectivity index (χ0) is 19.3. The Morgan fingerprint density at radius 2 is 2.15 bits per heavy atom. The topological polar surface area (TPSA) is 75.7 Å². The van der Waals surface area contributed by atoms with E-state index in [1.54, 1.807) is 12.1 Å². The predicted molar refractivity (Wildman–Crippen MR) is 104 cm³/mol. The van der Waals surface area contributed by atoms with Gasteiger partial charge in [-0.1, -0.05) is 44.7 Å². The summed E-state index contributed by atoms with van der Waals surface area (Å²) in [6.45, 7) is 4.75. The molecule has 0 radical (unpaired) electrons. The second kappa shape index (κ2) is 8.95. The largest absolute Gasteiger partial charge is 0.476 e. The number of rotatable bonds is 8. The van der Waals surface area contributed by atoms with Gasteiger partial charge in [-0.05, 0) is 30.5 Å². The molecule has 0 saturated carbocycles. The van der Waals surface area contributed by atoms with Gasteiger partial charge in [-0.3, -0.25) is 9.10 Å². The molecule has 0 aliphatic carbocycles. The number of hydrogen-bond acceptors (Lipinski definition) is 4. The van der Waals surface area contributed by atoms with Gasteiger partial charge in [0.25, 0.3) is 5.91 Å². The highest BCUT2D eigenvalue weighted by atomic mass is 35.5. The molecule has 26 heavy (non-hydrogen) atoms. The third-order valence-electron chi connectivity index (χ3n) is 4.59. The van der Waals surface area contributed by atoms with Crippen LogP contribution in [-0.2, 0) is 14.8 Å². The van der Waals surface area contributed by atoms with E-state index < -0.39 is 16.1 Å². The van der Waals surface area contributed by atoms with Crippen LogP contribution in [0.5, 0.6) is 5.75 Å². The lowest BCUT2D eigenvalue weighted by Gasteiger charge is -2.34. The van der Waals surface area contributed by atoms with Gasteiger partial charge in [0.1, 0.15) is 5.75 Å². The Morgan fingerprint density at radius 1 is 1.42 bits per heavy atom. The molecule has 0 unspecified atom stereocenters. The molecule has 2 atom stereocenters. The number of nitrogens with zero attached hydrogens (tertiary/aromatic N) is 1. The summed E-state index contributed by atoms with van der Waals surface area (Å²) in [5.74, 6) is 0.457.